The number of likely N-dealkylation sites (N-methyl/N-ethyl adjacent to an activating group) is 1. The van der Waals surface area contributed by atoms with E-state index in [1.54, 1.807) is 0 Å². The molecule has 3 nitrogen and oxygen atoms in total. The Labute approximate surface area is 84.5 Å². The van der Waals surface area contributed by atoms with Gasteiger partial charge in [0.15, 0.2) is 6.10 Å². The van der Waals surface area contributed by atoms with Crippen molar-refractivity contribution in [3.63, 3.8) is 0 Å². The lowest BCUT2D eigenvalue weighted by atomic mass is 9.89. The van der Waals surface area contributed by atoms with Crippen molar-refractivity contribution >= 4 is 18.9 Å². The van der Waals surface area contributed by atoms with Crippen LogP contribution in [0.15, 0.2) is 0 Å². The first-order valence-electron chi connectivity index (χ1n) is 4.46. The Morgan fingerprint density at radius 1 is 1.62 bits per heavy atom. The summed E-state index contributed by atoms with van der Waals surface area (Å²) in [6.45, 7) is 7.07. The average Bonchev–Trinajstić information content (AvgIpc) is 2.43. The van der Waals surface area contributed by atoms with Crippen LogP contribution in [0.2, 0.25) is 0 Å². The number of fused-ring (bicyclic) bond motifs is 1. The molecule has 72 valence electrons. The third-order valence-electron chi connectivity index (χ3n) is 2.86. The van der Waals surface area contributed by atoms with Crippen molar-refractivity contribution in [3.8, 4) is 0 Å². The topological polar surface area (TPSA) is 16.8 Å². The highest BCUT2D eigenvalue weighted by Gasteiger charge is 2.49. The summed E-state index contributed by atoms with van der Waals surface area (Å²) < 4.78 is 7.72. The highest BCUT2D eigenvalue weighted by Crippen LogP contribution is 2.57. The Bertz CT molecular complexity index is 245. The van der Waals surface area contributed by atoms with Gasteiger partial charge < -0.3 is 9.37 Å². The minimum Gasteiger partial charge on any atom is -0.318 e. The van der Waals surface area contributed by atoms with Gasteiger partial charge in [0.2, 0.25) is 7.65 Å². The van der Waals surface area contributed by atoms with E-state index in [1.807, 2.05) is 7.05 Å². The van der Waals surface area contributed by atoms with Crippen LogP contribution in [-0.4, -0.2) is 29.9 Å². The van der Waals surface area contributed by atoms with E-state index in [2.05, 4.69) is 9.52 Å². The quantitative estimate of drug-likeness (QED) is 0.459. The number of halogens is 1. The van der Waals surface area contributed by atoms with E-state index < -0.39 is 7.65 Å². The summed E-state index contributed by atoms with van der Waals surface area (Å²) in [4.78, 5) is 3.61. The maximum Gasteiger partial charge on any atom is 0.251 e. The van der Waals surface area contributed by atoms with Gasteiger partial charge in [-0.25, -0.2) is 11.2 Å². The Morgan fingerprint density at radius 3 is 3.08 bits per heavy atom. The van der Waals surface area contributed by atoms with Gasteiger partial charge in [-0.15, -0.1) is 0 Å². The Balaban J connectivity index is 2.14. The summed E-state index contributed by atoms with van der Waals surface area (Å²) in [5.41, 5.74) is 0. The summed E-state index contributed by atoms with van der Waals surface area (Å²) in [5.74, 6) is 0. The number of nitrogens with zero attached hydrogens (tertiary/aromatic N) is 2. The van der Waals surface area contributed by atoms with Crippen molar-refractivity contribution < 1.29 is 4.52 Å². The van der Waals surface area contributed by atoms with Crippen LogP contribution in [0.25, 0.3) is 4.85 Å². The molecule has 0 aromatic heterocycles. The largest absolute Gasteiger partial charge is 0.318 e. The molecular weight excluding hydrogens is 207 g/mol. The minimum absolute atomic E-state index is 0.0347. The second-order valence-corrected chi connectivity index (χ2v) is 5.73. The fourth-order valence-electron chi connectivity index (χ4n) is 2.09. The van der Waals surface area contributed by atoms with Gasteiger partial charge in [-0.3, -0.25) is 0 Å². The molecular formula is C8H12ClN2OP. The standard InChI is InChI=1S/C8H12ClN2OP/c1-10-6-4-3-5-7-8(6)12-13(9)11(7)2/h6-8H,3-5H2,2H3/t6-,7-,8-,13?/m0/s1. The SMILES string of the molecule is [C-]#[N+][C@H]1CCC[C@H]2[C@H]1OP(Cl)N2C. The molecule has 0 aromatic carbocycles. The van der Waals surface area contributed by atoms with Gasteiger partial charge in [-0.2, -0.15) is 0 Å². The highest BCUT2D eigenvalue weighted by molar-refractivity contribution is 7.78. The fraction of sp³-hybridized carbons (Fsp3) is 0.875. The molecule has 0 spiro atoms. The molecule has 13 heavy (non-hydrogen) atoms. The normalized spacial score (nSPS) is 45.6. The predicted octanol–water partition coefficient (Wildman–Crippen LogP) is 2.62. The van der Waals surface area contributed by atoms with E-state index in [0.29, 0.717) is 6.04 Å². The molecule has 0 amide bonds. The third kappa shape index (κ3) is 1.57. The van der Waals surface area contributed by atoms with Crippen molar-refractivity contribution in [1.29, 1.82) is 0 Å². The van der Waals surface area contributed by atoms with Crippen molar-refractivity contribution in [2.75, 3.05) is 7.05 Å². The van der Waals surface area contributed by atoms with Gasteiger partial charge in [0.05, 0.1) is 6.04 Å². The molecule has 0 N–H and O–H groups in total. The molecule has 0 aromatic rings. The maximum atomic E-state index is 7.07. The molecule has 1 aliphatic heterocycles. The molecule has 1 saturated heterocycles. The fourth-order valence-corrected chi connectivity index (χ4v) is 3.81. The van der Waals surface area contributed by atoms with Crippen molar-refractivity contribution in [3.05, 3.63) is 11.4 Å². The molecule has 1 saturated carbocycles. The molecule has 5 heteroatoms. The lowest BCUT2D eigenvalue weighted by Crippen LogP contribution is -2.41. The first-order valence-corrected chi connectivity index (χ1v) is 6.58. The molecule has 0 bridgehead atoms. The van der Waals surface area contributed by atoms with Crippen LogP contribution < -0.4 is 0 Å². The summed E-state index contributed by atoms with van der Waals surface area (Å²) in [7, 11) is 1.05. The molecule has 2 aliphatic rings. The summed E-state index contributed by atoms with van der Waals surface area (Å²) in [6.07, 6.45) is 3.29. The van der Waals surface area contributed by atoms with Crippen LogP contribution in [0.3, 0.4) is 0 Å². The predicted molar refractivity (Wildman–Crippen MR) is 53.4 cm³/mol. The second-order valence-electron chi connectivity index (χ2n) is 3.56. The van der Waals surface area contributed by atoms with Gasteiger partial charge in [-0.1, -0.05) is 0 Å². The first kappa shape index (κ1) is 9.68. The molecule has 2 fully saturated rings. The number of hydrogen-bond acceptors (Lipinski definition) is 2. The Kier molecular flexibility index (Phi) is 2.76. The van der Waals surface area contributed by atoms with Crippen LogP contribution in [0, 0.1) is 6.57 Å². The second kappa shape index (κ2) is 3.71. The third-order valence-corrected chi connectivity index (χ3v) is 5.03. The molecule has 0 radical (unpaired) electrons. The Hall–Kier alpha value is 0.130. The van der Waals surface area contributed by atoms with E-state index in [0.717, 1.165) is 19.3 Å². The number of rotatable bonds is 0. The molecule has 4 atom stereocenters. The molecule has 1 unspecified atom stereocenters. The maximum absolute atomic E-state index is 7.07. The van der Waals surface area contributed by atoms with Gasteiger partial charge in [0.1, 0.15) is 0 Å². The van der Waals surface area contributed by atoms with Crippen molar-refractivity contribution in [2.45, 2.75) is 37.5 Å². The zero-order valence-electron chi connectivity index (χ0n) is 7.48. The zero-order chi connectivity index (χ0) is 9.42. The molecule has 1 aliphatic carbocycles. The Morgan fingerprint density at radius 2 is 2.38 bits per heavy atom. The minimum atomic E-state index is -0.947. The lowest BCUT2D eigenvalue weighted by molar-refractivity contribution is 0.146. The average molecular weight is 219 g/mol. The lowest BCUT2D eigenvalue weighted by Gasteiger charge is -2.26. The first-order chi connectivity index (χ1) is 6.24. The van der Waals surface area contributed by atoms with Gasteiger partial charge >= 0.3 is 0 Å². The van der Waals surface area contributed by atoms with Gasteiger partial charge in [-0.05, 0) is 31.1 Å². The van der Waals surface area contributed by atoms with E-state index >= 15 is 0 Å². The van der Waals surface area contributed by atoms with E-state index in [4.69, 9.17) is 22.3 Å². The van der Waals surface area contributed by atoms with Crippen LogP contribution in [0.4, 0.5) is 0 Å². The smallest absolute Gasteiger partial charge is 0.251 e. The van der Waals surface area contributed by atoms with Crippen molar-refractivity contribution in [2.24, 2.45) is 0 Å². The van der Waals surface area contributed by atoms with Crippen LogP contribution in [0.1, 0.15) is 19.3 Å². The van der Waals surface area contributed by atoms with E-state index in [1.165, 1.54) is 0 Å². The summed E-state index contributed by atoms with van der Waals surface area (Å²) >= 11 is 6.03. The van der Waals surface area contributed by atoms with Crippen LogP contribution in [-0.2, 0) is 4.52 Å². The van der Waals surface area contributed by atoms with Crippen LogP contribution in [0.5, 0.6) is 0 Å². The molecule has 2 rings (SSSR count). The molecule has 1 heterocycles. The summed E-state index contributed by atoms with van der Waals surface area (Å²) in [5, 5.41) is 0. The van der Waals surface area contributed by atoms with Crippen molar-refractivity contribution in [1.82, 2.24) is 4.67 Å². The zero-order valence-corrected chi connectivity index (χ0v) is 9.13. The van der Waals surface area contributed by atoms with E-state index in [9.17, 15) is 0 Å². The van der Waals surface area contributed by atoms with Gasteiger partial charge in [0.25, 0.3) is 6.04 Å². The van der Waals surface area contributed by atoms with Gasteiger partial charge in [0, 0.05) is 6.42 Å². The monoisotopic (exact) mass is 218 g/mol. The summed E-state index contributed by atoms with van der Waals surface area (Å²) in [6, 6.07) is 0.420. The van der Waals surface area contributed by atoms with Crippen LogP contribution >= 0.6 is 18.9 Å². The highest BCUT2D eigenvalue weighted by atomic mass is 35.7. The number of hydrogen-bond donors (Lipinski definition) is 0. The van der Waals surface area contributed by atoms with E-state index in [-0.39, 0.29) is 12.1 Å².